The summed E-state index contributed by atoms with van der Waals surface area (Å²) in [6.45, 7) is 51.0. The van der Waals surface area contributed by atoms with Crippen LogP contribution in [-0.4, -0.2) is 15.0 Å². The molecule has 0 aliphatic rings. The first-order valence-electron chi connectivity index (χ1n) is 49.3. The fourth-order valence-electron chi connectivity index (χ4n) is 18.2. The van der Waals surface area contributed by atoms with Gasteiger partial charge in [-0.1, -0.05) is 405 Å². The highest BCUT2D eigenvalue weighted by Crippen LogP contribution is 2.45. The second-order valence-electron chi connectivity index (χ2n) is 30.5. The number of nitrogens with zero attached hydrogens (tertiary/aromatic N) is 8. The van der Waals surface area contributed by atoms with Gasteiger partial charge in [0.05, 0.1) is 38.2 Å². The van der Waals surface area contributed by atoms with E-state index in [1.807, 2.05) is 187 Å². The highest BCUT2D eigenvalue weighted by Gasteiger charge is 2.26. The van der Waals surface area contributed by atoms with Crippen molar-refractivity contribution in [2.24, 2.45) is 35.2 Å². The SMILES string of the molecule is C.C.C.C.CC.CC.CC.CC.CC.CC.CC.CC.CC.CC.Cc1c(-c2cnc3cc4ccccc4cc3[n+]2C)ccc2ccccc12.Cc1c(-c2cnc3ccccc3[n+]2C)ccc2ccccc12.Cc1c2ccccc2c2cccc3c4cccc5cc[n+](C)c(c1c23)c54.Cc1ccc2cccc3c4cccc5cc[n+](C)c(c1c23)c54.Cc1ccccc1-c1cnc2ccccc2[n+]1C. The molecular formula is C130H161N8+5. The molecule has 138 heavy (non-hydrogen) atoms. The molecule has 23 rings (SSSR count). The van der Waals surface area contributed by atoms with Crippen LogP contribution in [0.15, 0.2) is 334 Å². The lowest BCUT2D eigenvalue weighted by Gasteiger charge is -2.16. The lowest BCUT2D eigenvalue weighted by molar-refractivity contribution is -0.644. The predicted molar refractivity (Wildman–Crippen MR) is 617 cm³/mol. The maximum Gasteiger partial charge on any atom is 0.232 e. The van der Waals surface area contributed by atoms with E-state index in [2.05, 4.69) is 388 Å². The van der Waals surface area contributed by atoms with E-state index in [1.54, 1.807) is 0 Å². The summed E-state index contributed by atoms with van der Waals surface area (Å²) >= 11 is 0. The van der Waals surface area contributed by atoms with Crippen molar-refractivity contribution < 1.29 is 22.8 Å². The minimum Gasteiger partial charge on any atom is -0.243 e. The zero-order valence-electron chi connectivity index (χ0n) is 85.8. The molecule has 0 N–H and O–H groups in total. The number of hydrogen-bond donors (Lipinski definition) is 0. The van der Waals surface area contributed by atoms with Crippen LogP contribution in [0.4, 0.5) is 0 Å². The van der Waals surface area contributed by atoms with E-state index in [0.29, 0.717) is 0 Å². The number of fused-ring (bicyclic) bond motifs is 12. The number of para-hydroxylation sites is 4. The Morgan fingerprint density at radius 3 is 0.964 bits per heavy atom. The normalized spacial score (nSPS) is 10.0. The fourth-order valence-corrected chi connectivity index (χ4v) is 18.2. The predicted octanol–water partition coefficient (Wildman–Crippen LogP) is 36.3. The van der Waals surface area contributed by atoms with Crippen LogP contribution in [0.2, 0.25) is 0 Å². The molecule has 8 nitrogen and oxygen atoms in total. The standard InChI is InChI=1S/C25H18N.C24H19N2.C21H16N.C20H17N2.C16H15N2.10C2H6.4CH4/c1-15-17-8-3-4-9-18(17)19-11-6-12-21-20-10-5-7-16-13-14-26(2)25(23(16)20)22(15)24(19)21;1-16-20-10-6-5-7-17(20)11-12-21(16)24-15-25-22-13-18-8-3-4-9-19(18)14-23(22)26(24)2;1-13-9-10-14-5-3-7-16-17-8-4-6-15-11-12-22(2)21(20(15)17)18(13)19(14)16;1-14-16-8-4-3-7-15(16)11-12-17(14)20-13-21-18-9-5-6-10-19(18)22(20)2;1-12-7-3-4-8-13(12)16-11-17-14-9-5-6-10-15(14)18(16)2;10*1-2;;;;/h3-14H,1-2H3;3-15H,1-2H3;3-12H,1-2H3;3-13H,1-2H3;3-11H,1-2H3;10*1-2H3;4*1H4/q5*+1;;;;;;;;;;;;;;. The second-order valence-corrected chi connectivity index (χ2v) is 30.5. The van der Waals surface area contributed by atoms with Gasteiger partial charge in [0.25, 0.3) is 0 Å². The second kappa shape index (κ2) is 55.2. The minimum absolute atomic E-state index is 0. The zero-order valence-corrected chi connectivity index (χ0v) is 85.8. The molecule has 716 valence electrons. The van der Waals surface area contributed by atoms with E-state index >= 15 is 0 Å². The van der Waals surface area contributed by atoms with Gasteiger partial charge in [0.15, 0.2) is 12.4 Å². The third kappa shape index (κ3) is 22.9. The maximum atomic E-state index is 4.77. The van der Waals surface area contributed by atoms with Gasteiger partial charge in [-0.15, -0.1) is 0 Å². The number of aryl methyl sites for hydroxylation is 10. The molecule has 0 saturated carbocycles. The Morgan fingerprint density at radius 2 is 0.507 bits per heavy atom. The summed E-state index contributed by atoms with van der Waals surface area (Å²) in [5.41, 5.74) is 22.9. The quantitative estimate of drug-likeness (QED) is 0.101. The molecule has 5 heterocycles. The van der Waals surface area contributed by atoms with Crippen LogP contribution in [0.5, 0.6) is 0 Å². The molecule has 0 radical (unpaired) electrons. The largest absolute Gasteiger partial charge is 0.243 e. The van der Waals surface area contributed by atoms with Crippen molar-refractivity contribution in [3.05, 3.63) is 362 Å². The monoisotopic (exact) mass is 1830 g/mol. The number of rotatable bonds is 3. The van der Waals surface area contributed by atoms with Gasteiger partial charge in [-0.05, 0) is 185 Å². The lowest BCUT2D eigenvalue weighted by Crippen LogP contribution is -2.32. The topological polar surface area (TPSA) is 58.1 Å². The fraction of sp³-hybridized carbons (Fsp3) is 0.262. The Bertz CT molecular complexity index is 7640. The smallest absolute Gasteiger partial charge is 0.232 e. The first kappa shape index (κ1) is 114. The van der Waals surface area contributed by atoms with E-state index in [-0.39, 0.29) is 29.7 Å². The third-order valence-corrected chi connectivity index (χ3v) is 24.1. The van der Waals surface area contributed by atoms with Crippen LogP contribution in [0, 0.1) is 34.6 Å². The molecule has 0 amide bonds. The number of benzene rings is 18. The minimum atomic E-state index is 0. The molecule has 0 aliphatic heterocycles. The van der Waals surface area contributed by atoms with Gasteiger partial charge >= 0.3 is 0 Å². The third-order valence-electron chi connectivity index (χ3n) is 24.1. The van der Waals surface area contributed by atoms with Gasteiger partial charge in [-0.2, -0.15) is 13.7 Å². The molecule has 0 aliphatic carbocycles. The van der Waals surface area contributed by atoms with Crippen molar-refractivity contribution in [3.63, 3.8) is 0 Å². The van der Waals surface area contributed by atoms with E-state index < -0.39 is 0 Å². The Morgan fingerprint density at radius 1 is 0.196 bits per heavy atom. The average Bonchev–Trinajstić information content (AvgIpc) is 0.709. The first-order valence-corrected chi connectivity index (χ1v) is 49.3. The van der Waals surface area contributed by atoms with Crippen molar-refractivity contribution in [1.82, 2.24) is 15.0 Å². The van der Waals surface area contributed by atoms with E-state index in [9.17, 15) is 0 Å². The van der Waals surface area contributed by atoms with Crippen molar-refractivity contribution >= 4 is 163 Å². The summed E-state index contributed by atoms with van der Waals surface area (Å²) in [6.07, 6.45) is 10.3. The highest BCUT2D eigenvalue weighted by atomic mass is 15.0. The number of aromatic nitrogens is 8. The number of hydrogen-bond acceptors (Lipinski definition) is 3. The van der Waals surface area contributed by atoms with Gasteiger partial charge in [0.2, 0.25) is 44.7 Å². The molecular weight excluding hydrogens is 1670 g/mol. The molecule has 0 spiro atoms. The Hall–Kier alpha value is -14.1. The Balaban J connectivity index is 0.000000290. The van der Waals surface area contributed by atoms with E-state index in [0.717, 1.165) is 50.2 Å². The van der Waals surface area contributed by atoms with Gasteiger partial charge in [0, 0.05) is 41.1 Å². The average molecular weight is 1840 g/mol. The summed E-state index contributed by atoms with van der Waals surface area (Å²) in [4.78, 5) is 13.9. The Kier molecular flexibility index (Phi) is 45.8. The van der Waals surface area contributed by atoms with Crippen molar-refractivity contribution in [3.8, 4) is 33.8 Å². The molecule has 5 aromatic heterocycles. The Labute approximate surface area is 828 Å². The van der Waals surface area contributed by atoms with Crippen LogP contribution in [-0.2, 0) is 35.2 Å². The summed E-state index contributed by atoms with van der Waals surface area (Å²) in [6, 6.07) is 108. The van der Waals surface area contributed by atoms with E-state index in [4.69, 9.17) is 4.98 Å². The van der Waals surface area contributed by atoms with Gasteiger partial charge in [-0.25, -0.2) is 24.1 Å². The van der Waals surface area contributed by atoms with E-state index in [1.165, 1.54) is 174 Å². The van der Waals surface area contributed by atoms with Crippen molar-refractivity contribution in [2.75, 3.05) is 0 Å². The summed E-state index contributed by atoms with van der Waals surface area (Å²) < 4.78 is 11.2. The van der Waals surface area contributed by atoms with Crippen LogP contribution < -0.4 is 22.8 Å². The summed E-state index contributed by atoms with van der Waals surface area (Å²) in [7, 11) is 10.6. The van der Waals surface area contributed by atoms with Crippen molar-refractivity contribution in [1.29, 1.82) is 0 Å². The van der Waals surface area contributed by atoms with Crippen LogP contribution in [0.1, 0.15) is 196 Å². The van der Waals surface area contributed by atoms with Crippen LogP contribution >= 0.6 is 0 Å². The zero-order chi connectivity index (χ0) is 97.6. The van der Waals surface area contributed by atoms with Gasteiger partial charge in [-0.3, -0.25) is 0 Å². The van der Waals surface area contributed by atoms with Crippen LogP contribution in [0.25, 0.3) is 196 Å². The lowest BCUT2D eigenvalue weighted by atomic mass is 9.87. The van der Waals surface area contributed by atoms with Gasteiger partial charge < -0.3 is 0 Å². The molecule has 0 fully saturated rings. The van der Waals surface area contributed by atoms with Crippen LogP contribution in [0.3, 0.4) is 0 Å². The molecule has 0 unspecified atom stereocenters. The van der Waals surface area contributed by atoms with Crippen molar-refractivity contribution in [2.45, 2.75) is 203 Å². The highest BCUT2D eigenvalue weighted by molar-refractivity contribution is 6.36. The molecule has 8 heteroatoms. The molecule has 0 bridgehead atoms. The number of pyridine rings is 2. The first-order chi connectivity index (χ1) is 65.8. The molecule has 18 aromatic carbocycles. The molecule has 0 atom stereocenters. The summed E-state index contributed by atoms with van der Waals surface area (Å²) in [5, 5.41) is 29.3. The summed E-state index contributed by atoms with van der Waals surface area (Å²) in [5.74, 6) is 0. The molecule has 23 aromatic rings. The van der Waals surface area contributed by atoms with Gasteiger partial charge in [0.1, 0.15) is 70.4 Å². The maximum absolute atomic E-state index is 4.77. The molecule has 0 saturated heterocycles.